The van der Waals surface area contributed by atoms with Crippen molar-refractivity contribution in [2.24, 2.45) is 4.99 Å². The molecule has 0 aliphatic heterocycles. The van der Waals surface area contributed by atoms with Crippen LogP contribution in [-0.2, 0) is 0 Å². The molecule has 5 heteroatoms. The Kier molecular flexibility index (Phi) is 7.45. The minimum absolute atomic E-state index is 0.182. The van der Waals surface area contributed by atoms with Crippen LogP contribution in [-0.4, -0.2) is 36.6 Å². The van der Waals surface area contributed by atoms with Crippen molar-refractivity contribution in [3.8, 4) is 0 Å². The van der Waals surface area contributed by atoms with Crippen molar-refractivity contribution in [3.63, 3.8) is 0 Å². The molecule has 1 aromatic heterocycles. The average Bonchev–Trinajstić information content (AvgIpc) is 2.96. The molecule has 0 saturated carbocycles. The molecule has 114 valence electrons. The Labute approximate surface area is 131 Å². The van der Waals surface area contributed by atoms with Gasteiger partial charge in [0.2, 0.25) is 0 Å². The summed E-state index contributed by atoms with van der Waals surface area (Å²) in [5.74, 6) is 1.42. The van der Waals surface area contributed by atoms with Gasteiger partial charge in [0, 0.05) is 28.6 Å². The average molecular weight is 314 g/mol. The van der Waals surface area contributed by atoms with E-state index in [4.69, 9.17) is 0 Å². The number of guanidine groups is 1. The maximum atomic E-state index is 4.69. The summed E-state index contributed by atoms with van der Waals surface area (Å²) in [6.45, 7) is 11.4. The second-order valence-corrected chi connectivity index (χ2v) is 7.95. The van der Waals surface area contributed by atoms with Gasteiger partial charge in [0.05, 0.1) is 6.54 Å². The fraction of sp³-hybridized carbons (Fsp3) is 0.667. The second kappa shape index (κ2) is 8.57. The monoisotopic (exact) mass is 313 g/mol. The number of hydrogen-bond donors (Lipinski definition) is 2. The lowest BCUT2D eigenvalue weighted by molar-refractivity contribution is 0.688. The first-order chi connectivity index (χ1) is 9.48. The molecule has 0 radical (unpaired) electrons. The fourth-order valence-electron chi connectivity index (χ4n) is 1.60. The Hall–Kier alpha value is -0.680. The highest BCUT2D eigenvalue weighted by molar-refractivity contribution is 7.99. The van der Waals surface area contributed by atoms with E-state index in [1.165, 1.54) is 4.88 Å². The van der Waals surface area contributed by atoms with Crippen molar-refractivity contribution in [1.29, 1.82) is 0 Å². The second-order valence-electron chi connectivity index (χ2n) is 5.46. The molecular formula is C15H27N3S2. The van der Waals surface area contributed by atoms with Crippen molar-refractivity contribution >= 4 is 29.1 Å². The zero-order chi connectivity index (χ0) is 15.0. The number of nitrogens with zero attached hydrogens (tertiary/aromatic N) is 1. The SMILES string of the molecule is CCNC(=NCC(C)(C)SC)NCC(C)c1cccs1. The zero-order valence-electron chi connectivity index (χ0n) is 13.2. The molecule has 2 N–H and O–H groups in total. The Morgan fingerprint density at radius 2 is 2.20 bits per heavy atom. The number of nitrogens with one attached hydrogen (secondary N) is 2. The molecule has 0 aromatic carbocycles. The number of aliphatic imine (C=N–C) groups is 1. The summed E-state index contributed by atoms with van der Waals surface area (Å²) < 4.78 is 0.182. The Morgan fingerprint density at radius 3 is 2.75 bits per heavy atom. The lowest BCUT2D eigenvalue weighted by Crippen LogP contribution is -2.40. The van der Waals surface area contributed by atoms with Gasteiger partial charge in [-0.3, -0.25) is 4.99 Å². The van der Waals surface area contributed by atoms with Crippen molar-refractivity contribution < 1.29 is 0 Å². The quantitative estimate of drug-likeness (QED) is 0.597. The first-order valence-electron chi connectivity index (χ1n) is 7.09. The van der Waals surface area contributed by atoms with Crippen LogP contribution in [0.15, 0.2) is 22.5 Å². The van der Waals surface area contributed by atoms with Crippen molar-refractivity contribution in [3.05, 3.63) is 22.4 Å². The van der Waals surface area contributed by atoms with Crippen molar-refractivity contribution in [2.45, 2.75) is 38.4 Å². The van der Waals surface area contributed by atoms with E-state index >= 15 is 0 Å². The van der Waals surface area contributed by atoms with E-state index in [2.05, 4.69) is 67.1 Å². The van der Waals surface area contributed by atoms with Crippen molar-refractivity contribution in [2.75, 3.05) is 25.9 Å². The van der Waals surface area contributed by atoms with Gasteiger partial charge >= 0.3 is 0 Å². The molecular weight excluding hydrogens is 286 g/mol. The van der Waals surface area contributed by atoms with Crippen LogP contribution < -0.4 is 10.6 Å². The summed E-state index contributed by atoms with van der Waals surface area (Å²) in [7, 11) is 0. The van der Waals surface area contributed by atoms with Crippen LogP contribution in [0.5, 0.6) is 0 Å². The molecule has 1 heterocycles. The molecule has 0 bridgehead atoms. The Balaban J connectivity index is 2.52. The van der Waals surface area contributed by atoms with Crippen LogP contribution >= 0.6 is 23.1 Å². The lowest BCUT2D eigenvalue weighted by Gasteiger charge is -2.21. The predicted octanol–water partition coefficient (Wildman–Crippen LogP) is 3.55. The summed E-state index contributed by atoms with van der Waals surface area (Å²) in [4.78, 5) is 6.10. The predicted molar refractivity (Wildman–Crippen MR) is 94.3 cm³/mol. The number of rotatable bonds is 7. The summed E-state index contributed by atoms with van der Waals surface area (Å²) >= 11 is 3.66. The van der Waals surface area contributed by atoms with Crippen LogP contribution in [0.4, 0.5) is 0 Å². The molecule has 1 atom stereocenters. The van der Waals surface area contributed by atoms with Gasteiger partial charge in [-0.25, -0.2) is 0 Å². The first kappa shape index (κ1) is 17.4. The minimum atomic E-state index is 0.182. The third kappa shape index (κ3) is 6.18. The molecule has 20 heavy (non-hydrogen) atoms. The molecule has 1 unspecified atom stereocenters. The third-order valence-corrected chi connectivity index (χ3v) is 5.46. The van der Waals surface area contributed by atoms with Gasteiger partial charge in [-0.2, -0.15) is 11.8 Å². The number of hydrogen-bond acceptors (Lipinski definition) is 3. The van der Waals surface area contributed by atoms with Crippen LogP contribution in [0.25, 0.3) is 0 Å². The summed E-state index contributed by atoms with van der Waals surface area (Å²) in [5, 5.41) is 8.89. The Bertz CT molecular complexity index is 399. The van der Waals surface area contributed by atoms with E-state index in [1.54, 1.807) is 0 Å². The van der Waals surface area contributed by atoms with Crippen LogP contribution in [0.2, 0.25) is 0 Å². The van der Waals surface area contributed by atoms with Crippen LogP contribution in [0, 0.1) is 0 Å². The smallest absolute Gasteiger partial charge is 0.191 e. The van der Waals surface area contributed by atoms with E-state index in [9.17, 15) is 0 Å². The fourth-order valence-corrected chi connectivity index (χ4v) is 2.58. The standard InChI is InChI=1S/C15H27N3S2/c1-6-16-14(18-11-15(3,4)19-5)17-10-12(2)13-8-7-9-20-13/h7-9,12H,6,10-11H2,1-5H3,(H2,16,17,18). The maximum absolute atomic E-state index is 4.69. The largest absolute Gasteiger partial charge is 0.357 e. The molecule has 3 nitrogen and oxygen atoms in total. The molecule has 0 amide bonds. The van der Waals surface area contributed by atoms with E-state index in [1.807, 2.05) is 23.1 Å². The lowest BCUT2D eigenvalue weighted by atomic mass is 10.1. The van der Waals surface area contributed by atoms with Gasteiger partial charge in [-0.05, 0) is 38.5 Å². The molecule has 0 fully saturated rings. The van der Waals surface area contributed by atoms with Gasteiger partial charge in [0.15, 0.2) is 5.96 Å². The maximum Gasteiger partial charge on any atom is 0.191 e. The normalized spacial score (nSPS) is 14.2. The van der Waals surface area contributed by atoms with E-state index in [-0.39, 0.29) is 4.75 Å². The van der Waals surface area contributed by atoms with E-state index in [0.29, 0.717) is 5.92 Å². The van der Waals surface area contributed by atoms with Gasteiger partial charge in [-0.15, -0.1) is 11.3 Å². The van der Waals surface area contributed by atoms with Crippen LogP contribution in [0.1, 0.15) is 38.5 Å². The zero-order valence-corrected chi connectivity index (χ0v) is 14.8. The molecule has 1 aromatic rings. The summed E-state index contributed by atoms with van der Waals surface area (Å²) in [5.41, 5.74) is 0. The minimum Gasteiger partial charge on any atom is -0.357 e. The van der Waals surface area contributed by atoms with Gasteiger partial charge < -0.3 is 10.6 Å². The van der Waals surface area contributed by atoms with E-state index < -0.39 is 0 Å². The van der Waals surface area contributed by atoms with Crippen molar-refractivity contribution in [1.82, 2.24) is 10.6 Å². The van der Waals surface area contributed by atoms with Gasteiger partial charge in [0.1, 0.15) is 0 Å². The highest BCUT2D eigenvalue weighted by atomic mass is 32.2. The topological polar surface area (TPSA) is 36.4 Å². The highest BCUT2D eigenvalue weighted by Gasteiger charge is 2.15. The van der Waals surface area contributed by atoms with E-state index in [0.717, 1.165) is 25.6 Å². The molecule has 0 aliphatic carbocycles. The number of thiophene rings is 1. The third-order valence-electron chi connectivity index (χ3n) is 3.12. The molecule has 1 rings (SSSR count). The van der Waals surface area contributed by atoms with Crippen LogP contribution in [0.3, 0.4) is 0 Å². The highest BCUT2D eigenvalue weighted by Crippen LogP contribution is 2.21. The molecule has 0 aliphatic rings. The summed E-state index contributed by atoms with van der Waals surface area (Å²) in [6, 6.07) is 4.30. The van der Waals surface area contributed by atoms with Gasteiger partial charge in [0.25, 0.3) is 0 Å². The number of thioether (sulfide) groups is 1. The molecule has 0 spiro atoms. The van der Waals surface area contributed by atoms with Gasteiger partial charge in [-0.1, -0.05) is 13.0 Å². The molecule has 0 saturated heterocycles. The first-order valence-corrected chi connectivity index (χ1v) is 9.19. The summed E-state index contributed by atoms with van der Waals surface area (Å²) in [6.07, 6.45) is 2.13. The Morgan fingerprint density at radius 1 is 1.45 bits per heavy atom.